The topological polar surface area (TPSA) is 17.1 Å². The molecule has 0 saturated carbocycles. The molecule has 0 spiro atoms. The van der Waals surface area contributed by atoms with Crippen LogP contribution in [0.15, 0.2) is 36.5 Å². The fourth-order valence-electron chi connectivity index (χ4n) is 3.73. The highest BCUT2D eigenvalue weighted by molar-refractivity contribution is 5.53. The van der Waals surface area contributed by atoms with Gasteiger partial charge in [0.15, 0.2) is 0 Å². The van der Waals surface area contributed by atoms with Gasteiger partial charge < -0.3 is 4.79 Å². The van der Waals surface area contributed by atoms with Crippen LogP contribution in [-0.4, -0.2) is 6.29 Å². The van der Waals surface area contributed by atoms with Crippen molar-refractivity contribution in [1.82, 2.24) is 0 Å². The first-order valence-corrected chi connectivity index (χ1v) is 13.2. The number of allylic oxidation sites excluding steroid dienone is 6. The van der Waals surface area contributed by atoms with Gasteiger partial charge in [0.05, 0.1) is 0 Å². The summed E-state index contributed by atoms with van der Waals surface area (Å²) in [4.78, 5) is 11.3. The Morgan fingerprint density at radius 2 is 0.900 bits per heavy atom. The largest absolute Gasteiger partial charge is 0.303 e. The minimum absolute atomic E-state index is 0.295. The zero-order valence-electron chi connectivity index (χ0n) is 20.5. The maximum Gasteiger partial charge on any atom is 0.123 e. The Bertz CT molecular complexity index is 418. The zero-order chi connectivity index (χ0) is 22.0. The highest BCUT2D eigenvalue weighted by atomic mass is 16.1. The molecule has 0 aliphatic carbocycles. The SMILES string of the molecule is CCC/C=C\CC/C=C\CCCCC(C=O)CCCCCCC/C=C\CCCCC. The van der Waals surface area contributed by atoms with Crippen LogP contribution in [0.25, 0.3) is 0 Å². The molecule has 1 atom stereocenters. The van der Waals surface area contributed by atoms with Crippen molar-refractivity contribution in [3.8, 4) is 0 Å². The van der Waals surface area contributed by atoms with Crippen LogP contribution < -0.4 is 0 Å². The van der Waals surface area contributed by atoms with Gasteiger partial charge in [0.1, 0.15) is 6.29 Å². The van der Waals surface area contributed by atoms with Crippen LogP contribution in [0.4, 0.5) is 0 Å². The normalized spacial score (nSPS) is 13.1. The van der Waals surface area contributed by atoms with Crippen molar-refractivity contribution in [2.75, 3.05) is 0 Å². The van der Waals surface area contributed by atoms with E-state index in [4.69, 9.17) is 0 Å². The maximum atomic E-state index is 11.3. The highest BCUT2D eigenvalue weighted by Gasteiger charge is 2.06. The summed E-state index contributed by atoms with van der Waals surface area (Å²) in [5.74, 6) is 0.295. The van der Waals surface area contributed by atoms with Gasteiger partial charge >= 0.3 is 0 Å². The number of hydrogen-bond donors (Lipinski definition) is 0. The summed E-state index contributed by atoms with van der Waals surface area (Å²) in [6.07, 6.45) is 38.7. The third kappa shape index (κ3) is 23.2. The first kappa shape index (κ1) is 28.9. The van der Waals surface area contributed by atoms with Crippen LogP contribution in [0.3, 0.4) is 0 Å². The summed E-state index contributed by atoms with van der Waals surface area (Å²) < 4.78 is 0. The number of carbonyl (C=O) groups excluding carboxylic acids is 1. The fraction of sp³-hybridized carbons (Fsp3) is 0.759. The Kier molecular flexibility index (Phi) is 25.0. The van der Waals surface area contributed by atoms with Crippen molar-refractivity contribution >= 4 is 6.29 Å². The lowest BCUT2D eigenvalue weighted by atomic mass is 9.96. The number of rotatable bonds is 23. The third-order valence-corrected chi connectivity index (χ3v) is 5.76. The standard InChI is InChI=1S/C29H52O/c1-3-5-7-9-11-13-15-17-19-21-23-25-27-29(28-30)26-24-22-20-18-16-14-12-10-8-6-4-2/h8,10-11,13,16,18,28-29H,3-7,9,12,14-15,17,19-27H2,1-2H3/b10-8-,13-11-,18-16-. The Morgan fingerprint density at radius 1 is 0.467 bits per heavy atom. The lowest BCUT2D eigenvalue weighted by Crippen LogP contribution is -2.02. The second kappa shape index (κ2) is 25.9. The summed E-state index contributed by atoms with van der Waals surface area (Å²) >= 11 is 0. The first-order valence-electron chi connectivity index (χ1n) is 13.2. The van der Waals surface area contributed by atoms with E-state index in [9.17, 15) is 4.79 Å². The van der Waals surface area contributed by atoms with Gasteiger partial charge in [-0.05, 0) is 70.6 Å². The minimum Gasteiger partial charge on any atom is -0.303 e. The maximum absolute atomic E-state index is 11.3. The Hall–Kier alpha value is -1.11. The van der Waals surface area contributed by atoms with Gasteiger partial charge in [0.2, 0.25) is 0 Å². The molecule has 0 saturated heterocycles. The lowest BCUT2D eigenvalue weighted by Gasteiger charge is -2.09. The van der Waals surface area contributed by atoms with Crippen LogP contribution >= 0.6 is 0 Å². The molecule has 0 aromatic carbocycles. The van der Waals surface area contributed by atoms with Crippen LogP contribution in [0.1, 0.15) is 136 Å². The Labute approximate surface area is 189 Å². The van der Waals surface area contributed by atoms with E-state index < -0.39 is 0 Å². The molecule has 0 heterocycles. The minimum atomic E-state index is 0.295. The zero-order valence-corrected chi connectivity index (χ0v) is 20.5. The van der Waals surface area contributed by atoms with Crippen LogP contribution in [-0.2, 0) is 4.79 Å². The second-order valence-electron chi connectivity index (χ2n) is 8.80. The molecular weight excluding hydrogens is 364 g/mol. The Morgan fingerprint density at radius 3 is 1.47 bits per heavy atom. The average Bonchev–Trinajstić information content (AvgIpc) is 2.76. The molecule has 0 bridgehead atoms. The van der Waals surface area contributed by atoms with Gasteiger partial charge in [0.25, 0.3) is 0 Å². The van der Waals surface area contributed by atoms with E-state index in [1.165, 1.54) is 103 Å². The number of carbonyl (C=O) groups is 1. The van der Waals surface area contributed by atoms with E-state index in [-0.39, 0.29) is 0 Å². The molecule has 1 unspecified atom stereocenters. The molecule has 0 N–H and O–H groups in total. The second-order valence-corrected chi connectivity index (χ2v) is 8.80. The quantitative estimate of drug-likeness (QED) is 0.0919. The first-order chi connectivity index (χ1) is 14.8. The van der Waals surface area contributed by atoms with Crippen molar-refractivity contribution in [2.45, 2.75) is 136 Å². The average molecular weight is 417 g/mol. The van der Waals surface area contributed by atoms with Gasteiger partial charge in [-0.15, -0.1) is 0 Å². The van der Waals surface area contributed by atoms with Crippen molar-refractivity contribution in [1.29, 1.82) is 0 Å². The monoisotopic (exact) mass is 416 g/mol. The molecular formula is C29H52O. The summed E-state index contributed by atoms with van der Waals surface area (Å²) in [6, 6.07) is 0. The van der Waals surface area contributed by atoms with E-state index in [1.807, 2.05) is 0 Å². The molecule has 1 nitrogen and oxygen atoms in total. The molecule has 0 rings (SSSR count). The van der Waals surface area contributed by atoms with Crippen molar-refractivity contribution < 1.29 is 4.79 Å². The summed E-state index contributed by atoms with van der Waals surface area (Å²) in [7, 11) is 0. The van der Waals surface area contributed by atoms with Crippen molar-refractivity contribution in [3.63, 3.8) is 0 Å². The van der Waals surface area contributed by atoms with E-state index in [0.29, 0.717) is 5.92 Å². The van der Waals surface area contributed by atoms with Gasteiger partial charge in [-0.2, -0.15) is 0 Å². The number of unbranched alkanes of at least 4 members (excludes halogenated alkanes) is 12. The third-order valence-electron chi connectivity index (χ3n) is 5.76. The van der Waals surface area contributed by atoms with Crippen molar-refractivity contribution in [3.05, 3.63) is 36.5 Å². The van der Waals surface area contributed by atoms with Gasteiger partial charge in [-0.25, -0.2) is 0 Å². The predicted octanol–water partition coefficient (Wildman–Crippen LogP) is 9.92. The smallest absolute Gasteiger partial charge is 0.123 e. The highest BCUT2D eigenvalue weighted by Crippen LogP contribution is 2.17. The molecule has 0 amide bonds. The fourth-order valence-corrected chi connectivity index (χ4v) is 3.73. The van der Waals surface area contributed by atoms with Gasteiger partial charge in [-0.3, -0.25) is 0 Å². The van der Waals surface area contributed by atoms with Crippen LogP contribution in [0.2, 0.25) is 0 Å². The number of hydrogen-bond acceptors (Lipinski definition) is 1. The van der Waals surface area contributed by atoms with E-state index in [1.54, 1.807) is 0 Å². The molecule has 0 aliphatic rings. The Balaban J connectivity index is 3.44. The van der Waals surface area contributed by atoms with Crippen LogP contribution in [0, 0.1) is 5.92 Å². The van der Waals surface area contributed by atoms with E-state index >= 15 is 0 Å². The lowest BCUT2D eigenvalue weighted by molar-refractivity contribution is -0.111. The predicted molar refractivity (Wildman–Crippen MR) is 136 cm³/mol. The van der Waals surface area contributed by atoms with E-state index in [2.05, 4.69) is 50.3 Å². The molecule has 1 heteroatoms. The van der Waals surface area contributed by atoms with Crippen LogP contribution in [0.5, 0.6) is 0 Å². The molecule has 0 aliphatic heterocycles. The molecule has 174 valence electrons. The summed E-state index contributed by atoms with van der Waals surface area (Å²) in [6.45, 7) is 4.48. The molecule has 30 heavy (non-hydrogen) atoms. The van der Waals surface area contributed by atoms with Gasteiger partial charge in [0, 0.05) is 5.92 Å². The molecule has 0 aromatic rings. The number of aldehydes is 1. The van der Waals surface area contributed by atoms with Gasteiger partial charge in [-0.1, -0.05) is 102 Å². The summed E-state index contributed by atoms with van der Waals surface area (Å²) in [5.41, 5.74) is 0. The molecule has 0 radical (unpaired) electrons. The van der Waals surface area contributed by atoms with E-state index in [0.717, 1.165) is 25.7 Å². The molecule has 0 aromatic heterocycles. The summed E-state index contributed by atoms with van der Waals surface area (Å²) in [5, 5.41) is 0. The van der Waals surface area contributed by atoms with Crippen molar-refractivity contribution in [2.24, 2.45) is 5.92 Å². The molecule has 0 fully saturated rings.